The number of hydrogen-bond acceptors (Lipinski definition) is 5. The molecule has 1 heterocycles. The van der Waals surface area contributed by atoms with Crippen LogP contribution in [0.25, 0.3) is 0 Å². The molecule has 88 valence electrons. The van der Waals surface area contributed by atoms with Crippen LogP contribution in [0, 0.1) is 0 Å². The van der Waals surface area contributed by atoms with E-state index < -0.39 is 0 Å². The molecule has 1 rings (SSSR count). The summed E-state index contributed by atoms with van der Waals surface area (Å²) < 4.78 is 0. The van der Waals surface area contributed by atoms with Gasteiger partial charge in [-0.3, -0.25) is 4.79 Å². The van der Waals surface area contributed by atoms with Crippen molar-refractivity contribution in [2.45, 2.75) is 26.3 Å². The van der Waals surface area contributed by atoms with Crippen LogP contribution in [0.4, 0.5) is 11.6 Å². The van der Waals surface area contributed by atoms with Crippen molar-refractivity contribution in [1.82, 2.24) is 15.3 Å². The fourth-order valence-corrected chi connectivity index (χ4v) is 1.11. The second-order valence-corrected chi connectivity index (χ2v) is 3.74. The van der Waals surface area contributed by atoms with Crippen LogP contribution in [0.5, 0.6) is 0 Å². The predicted molar refractivity (Wildman–Crippen MR) is 62.8 cm³/mol. The minimum atomic E-state index is 0.0120. The Morgan fingerprint density at radius 3 is 2.62 bits per heavy atom. The highest BCUT2D eigenvalue weighted by atomic mass is 16.1. The van der Waals surface area contributed by atoms with Gasteiger partial charge in [-0.05, 0) is 13.8 Å². The maximum Gasteiger partial charge on any atom is 0.222 e. The Bertz CT molecular complexity index is 336. The average molecular weight is 223 g/mol. The molecule has 0 aliphatic heterocycles. The molecule has 0 saturated carbocycles. The molecule has 0 saturated heterocycles. The lowest BCUT2D eigenvalue weighted by Crippen LogP contribution is -2.31. The molecule has 1 aromatic heterocycles. The standard InChI is InChI=1S/C10H17N5O/c1-7(2)15-9(16)3-4-12-10-13-5-8(11)6-14-10/h5-7H,3-4,11H2,1-2H3,(H,15,16)(H,12,13,14). The molecule has 16 heavy (non-hydrogen) atoms. The van der Waals surface area contributed by atoms with Crippen LogP contribution in [-0.4, -0.2) is 28.5 Å². The van der Waals surface area contributed by atoms with E-state index in [1.165, 1.54) is 12.4 Å². The number of nitrogens with one attached hydrogen (secondary N) is 2. The lowest BCUT2D eigenvalue weighted by atomic mass is 10.3. The molecule has 0 radical (unpaired) electrons. The molecular weight excluding hydrogens is 206 g/mol. The minimum Gasteiger partial charge on any atom is -0.396 e. The molecule has 0 fully saturated rings. The van der Waals surface area contributed by atoms with Crippen LogP contribution in [0.15, 0.2) is 12.4 Å². The first-order valence-corrected chi connectivity index (χ1v) is 5.18. The molecule has 0 aromatic carbocycles. The first-order chi connectivity index (χ1) is 7.58. The van der Waals surface area contributed by atoms with Crippen molar-refractivity contribution in [3.63, 3.8) is 0 Å². The SMILES string of the molecule is CC(C)NC(=O)CCNc1ncc(N)cn1. The third-order valence-electron chi connectivity index (χ3n) is 1.76. The molecule has 4 N–H and O–H groups in total. The van der Waals surface area contributed by atoms with Gasteiger partial charge >= 0.3 is 0 Å². The molecule has 1 amide bonds. The largest absolute Gasteiger partial charge is 0.396 e. The Morgan fingerprint density at radius 1 is 1.44 bits per heavy atom. The third-order valence-corrected chi connectivity index (χ3v) is 1.76. The molecule has 0 spiro atoms. The van der Waals surface area contributed by atoms with Gasteiger partial charge in [0.1, 0.15) is 0 Å². The summed E-state index contributed by atoms with van der Waals surface area (Å²) in [6, 6.07) is 0.167. The van der Waals surface area contributed by atoms with E-state index in [0.717, 1.165) is 0 Å². The van der Waals surface area contributed by atoms with Gasteiger partial charge in [-0.1, -0.05) is 0 Å². The van der Waals surface area contributed by atoms with Gasteiger partial charge in [0.2, 0.25) is 11.9 Å². The number of aromatic nitrogens is 2. The van der Waals surface area contributed by atoms with E-state index in [-0.39, 0.29) is 11.9 Å². The summed E-state index contributed by atoms with van der Waals surface area (Å²) in [6.07, 6.45) is 3.43. The van der Waals surface area contributed by atoms with Gasteiger partial charge in [0.05, 0.1) is 18.1 Å². The summed E-state index contributed by atoms with van der Waals surface area (Å²) in [5, 5.41) is 5.74. The number of nitrogens with zero attached hydrogens (tertiary/aromatic N) is 2. The topological polar surface area (TPSA) is 92.9 Å². The highest BCUT2D eigenvalue weighted by molar-refractivity contribution is 5.76. The monoisotopic (exact) mass is 223 g/mol. The molecule has 0 unspecified atom stereocenters. The zero-order valence-electron chi connectivity index (χ0n) is 9.53. The highest BCUT2D eigenvalue weighted by Gasteiger charge is 2.02. The van der Waals surface area contributed by atoms with Crippen LogP contribution < -0.4 is 16.4 Å². The van der Waals surface area contributed by atoms with Crippen LogP contribution in [0.1, 0.15) is 20.3 Å². The van der Waals surface area contributed by atoms with E-state index in [0.29, 0.717) is 24.6 Å². The van der Waals surface area contributed by atoms with Gasteiger partial charge < -0.3 is 16.4 Å². The van der Waals surface area contributed by atoms with Crippen molar-refractivity contribution in [1.29, 1.82) is 0 Å². The quantitative estimate of drug-likeness (QED) is 0.671. The Kier molecular flexibility index (Phi) is 4.50. The van der Waals surface area contributed by atoms with Crippen molar-refractivity contribution in [3.05, 3.63) is 12.4 Å². The van der Waals surface area contributed by atoms with Gasteiger partial charge in [0, 0.05) is 19.0 Å². The maximum atomic E-state index is 11.3. The van der Waals surface area contributed by atoms with Crippen molar-refractivity contribution < 1.29 is 4.79 Å². The molecule has 6 heteroatoms. The first kappa shape index (κ1) is 12.2. The van der Waals surface area contributed by atoms with Crippen LogP contribution in [-0.2, 0) is 4.79 Å². The number of hydrogen-bond donors (Lipinski definition) is 3. The van der Waals surface area contributed by atoms with E-state index in [1.807, 2.05) is 13.8 Å². The van der Waals surface area contributed by atoms with E-state index in [2.05, 4.69) is 20.6 Å². The van der Waals surface area contributed by atoms with Crippen molar-refractivity contribution >= 4 is 17.5 Å². The maximum absolute atomic E-state index is 11.3. The molecule has 0 bridgehead atoms. The zero-order chi connectivity index (χ0) is 12.0. The van der Waals surface area contributed by atoms with Crippen molar-refractivity contribution in [3.8, 4) is 0 Å². The number of nitrogen functional groups attached to an aromatic ring is 1. The molecule has 6 nitrogen and oxygen atoms in total. The van der Waals surface area contributed by atoms with E-state index in [9.17, 15) is 4.79 Å². The lowest BCUT2D eigenvalue weighted by molar-refractivity contribution is -0.121. The first-order valence-electron chi connectivity index (χ1n) is 5.18. The Hall–Kier alpha value is -1.85. The van der Waals surface area contributed by atoms with Gasteiger partial charge in [-0.2, -0.15) is 0 Å². The molecule has 1 aromatic rings. The van der Waals surface area contributed by atoms with E-state index in [1.54, 1.807) is 0 Å². The Labute approximate surface area is 94.7 Å². The number of rotatable bonds is 5. The second kappa shape index (κ2) is 5.89. The fourth-order valence-electron chi connectivity index (χ4n) is 1.11. The minimum absolute atomic E-state index is 0.0120. The number of anilines is 2. The third kappa shape index (κ3) is 4.59. The highest BCUT2D eigenvalue weighted by Crippen LogP contribution is 2.00. The van der Waals surface area contributed by atoms with E-state index >= 15 is 0 Å². The summed E-state index contributed by atoms with van der Waals surface area (Å²) in [5.74, 6) is 0.490. The summed E-state index contributed by atoms with van der Waals surface area (Å²) in [6.45, 7) is 4.35. The number of carbonyl (C=O) groups excluding carboxylic acids is 1. The average Bonchev–Trinajstić information content (AvgIpc) is 2.20. The number of nitrogens with two attached hydrogens (primary N) is 1. The van der Waals surface area contributed by atoms with Crippen LogP contribution in [0.3, 0.4) is 0 Å². The normalized spacial score (nSPS) is 10.2. The summed E-state index contributed by atoms with van der Waals surface area (Å²) >= 11 is 0. The molecular formula is C10H17N5O. The summed E-state index contributed by atoms with van der Waals surface area (Å²) in [4.78, 5) is 19.2. The predicted octanol–water partition coefficient (Wildman–Crippen LogP) is 0.385. The fraction of sp³-hybridized carbons (Fsp3) is 0.500. The lowest BCUT2D eigenvalue weighted by Gasteiger charge is -2.08. The van der Waals surface area contributed by atoms with Crippen LogP contribution >= 0.6 is 0 Å². The van der Waals surface area contributed by atoms with Crippen LogP contribution in [0.2, 0.25) is 0 Å². The number of amides is 1. The van der Waals surface area contributed by atoms with Gasteiger partial charge in [-0.15, -0.1) is 0 Å². The van der Waals surface area contributed by atoms with Crippen molar-refractivity contribution in [2.75, 3.05) is 17.6 Å². The van der Waals surface area contributed by atoms with Crippen molar-refractivity contribution in [2.24, 2.45) is 0 Å². The number of carbonyl (C=O) groups is 1. The second-order valence-electron chi connectivity index (χ2n) is 3.74. The van der Waals surface area contributed by atoms with Gasteiger partial charge in [0.25, 0.3) is 0 Å². The van der Waals surface area contributed by atoms with Gasteiger partial charge in [0.15, 0.2) is 0 Å². The Morgan fingerprint density at radius 2 is 2.06 bits per heavy atom. The van der Waals surface area contributed by atoms with E-state index in [4.69, 9.17) is 5.73 Å². The summed E-state index contributed by atoms with van der Waals surface area (Å²) in [5.41, 5.74) is 5.96. The van der Waals surface area contributed by atoms with Gasteiger partial charge in [-0.25, -0.2) is 9.97 Å². The molecule has 0 aliphatic rings. The molecule has 0 atom stereocenters. The Balaban J connectivity index is 2.25. The smallest absolute Gasteiger partial charge is 0.222 e. The molecule has 0 aliphatic carbocycles. The zero-order valence-corrected chi connectivity index (χ0v) is 9.53. The summed E-state index contributed by atoms with van der Waals surface area (Å²) in [7, 11) is 0.